The van der Waals surface area contributed by atoms with Crippen molar-refractivity contribution in [2.24, 2.45) is 4.99 Å². The van der Waals surface area contributed by atoms with E-state index in [0.717, 1.165) is 5.56 Å². The molecule has 0 fully saturated rings. The van der Waals surface area contributed by atoms with Crippen LogP contribution in [0.15, 0.2) is 41.4 Å². The van der Waals surface area contributed by atoms with E-state index in [-0.39, 0.29) is 30.6 Å². The molecular weight excluding hydrogens is 426 g/mol. The number of methoxy groups -OCH3 is 2. The van der Waals surface area contributed by atoms with Crippen LogP contribution in [0.4, 0.5) is 0 Å². The Morgan fingerprint density at radius 3 is 2.45 bits per heavy atom. The average molecular weight is 456 g/mol. The minimum atomic E-state index is -0.519. The third-order valence-corrected chi connectivity index (χ3v) is 4.95. The third kappa shape index (κ3) is 6.15. The minimum Gasteiger partial charge on any atom is -0.497 e. The lowest BCUT2D eigenvalue weighted by Gasteiger charge is -2.23. The molecule has 1 atom stereocenters. The Bertz CT molecular complexity index is 1040. The van der Waals surface area contributed by atoms with Gasteiger partial charge in [-0.05, 0) is 49.7 Å². The van der Waals surface area contributed by atoms with Crippen molar-refractivity contribution in [1.29, 1.82) is 0 Å². The van der Waals surface area contributed by atoms with E-state index in [4.69, 9.17) is 18.9 Å². The van der Waals surface area contributed by atoms with Gasteiger partial charge in [0.1, 0.15) is 11.5 Å². The largest absolute Gasteiger partial charge is 0.497 e. The number of carbonyl (C=O) groups excluding carboxylic acids is 2. The van der Waals surface area contributed by atoms with Gasteiger partial charge in [0.25, 0.3) is 0 Å². The Morgan fingerprint density at radius 2 is 1.76 bits per heavy atom. The third-order valence-electron chi connectivity index (χ3n) is 4.95. The van der Waals surface area contributed by atoms with Crippen molar-refractivity contribution in [3.05, 3.63) is 47.5 Å². The van der Waals surface area contributed by atoms with Gasteiger partial charge < -0.3 is 18.9 Å². The van der Waals surface area contributed by atoms with E-state index < -0.39 is 6.04 Å². The van der Waals surface area contributed by atoms with Gasteiger partial charge in [-0.1, -0.05) is 6.07 Å². The summed E-state index contributed by atoms with van der Waals surface area (Å²) in [6, 6.07) is 10.1. The maximum atomic E-state index is 12.7. The lowest BCUT2D eigenvalue weighted by atomic mass is 10.0. The molecule has 0 saturated heterocycles. The Morgan fingerprint density at radius 1 is 1.03 bits per heavy atom. The number of amides is 2. The fraction of sp³-hybridized carbons (Fsp3) is 0.375. The molecule has 0 saturated carbocycles. The van der Waals surface area contributed by atoms with Crippen molar-refractivity contribution in [3.8, 4) is 23.0 Å². The molecule has 2 N–H and O–H groups in total. The monoisotopic (exact) mass is 455 g/mol. The van der Waals surface area contributed by atoms with E-state index in [1.54, 1.807) is 50.6 Å². The maximum absolute atomic E-state index is 12.7. The SMILES string of the molecule is CCOc1ccc(CC(=O)NC2=N[C@@H](c3cc(OC)ccc3OC)CC(=O)N2)cc1OCC. The molecule has 9 heteroatoms. The molecule has 2 aromatic carbocycles. The Kier molecular flexibility index (Phi) is 8.12. The first kappa shape index (κ1) is 23.9. The van der Waals surface area contributed by atoms with Gasteiger partial charge in [0.2, 0.25) is 17.8 Å². The Balaban J connectivity index is 1.76. The van der Waals surface area contributed by atoms with Gasteiger partial charge in [0.05, 0.1) is 46.3 Å². The number of ether oxygens (including phenoxy) is 4. The molecule has 0 bridgehead atoms. The molecule has 0 aromatic heterocycles. The van der Waals surface area contributed by atoms with Crippen LogP contribution in [0.2, 0.25) is 0 Å². The zero-order valence-corrected chi connectivity index (χ0v) is 19.3. The topological polar surface area (TPSA) is 107 Å². The number of nitrogens with zero attached hydrogens (tertiary/aromatic N) is 1. The fourth-order valence-electron chi connectivity index (χ4n) is 3.50. The van der Waals surface area contributed by atoms with Crippen LogP contribution in [0.1, 0.15) is 37.4 Å². The highest BCUT2D eigenvalue weighted by molar-refractivity contribution is 6.06. The van der Waals surface area contributed by atoms with E-state index >= 15 is 0 Å². The van der Waals surface area contributed by atoms with Gasteiger partial charge in [-0.15, -0.1) is 0 Å². The quantitative estimate of drug-likeness (QED) is 0.602. The lowest BCUT2D eigenvalue weighted by Crippen LogP contribution is -2.47. The summed E-state index contributed by atoms with van der Waals surface area (Å²) in [6.07, 6.45) is 0.202. The van der Waals surface area contributed by atoms with Crippen molar-refractivity contribution in [2.45, 2.75) is 32.7 Å². The number of rotatable bonds is 9. The van der Waals surface area contributed by atoms with E-state index in [1.165, 1.54) is 0 Å². The zero-order chi connectivity index (χ0) is 23.8. The molecule has 2 aromatic rings. The second-order valence-corrected chi connectivity index (χ2v) is 7.23. The van der Waals surface area contributed by atoms with E-state index in [0.29, 0.717) is 41.8 Å². The van der Waals surface area contributed by atoms with Crippen LogP contribution in [0.25, 0.3) is 0 Å². The first-order valence-electron chi connectivity index (χ1n) is 10.7. The fourth-order valence-corrected chi connectivity index (χ4v) is 3.50. The highest BCUT2D eigenvalue weighted by Gasteiger charge is 2.26. The summed E-state index contributed by atoms with van der Waals surface area (Å²) in [5.74, 6) is 1.94. The molecule has 0 spiro atoms. The predicted molar refractivity (Wildman–Crippen MR) is 123 cm³/mol. The zero-order valence-electron chi connectivity index (χ0n) is 19.3. The van der Waals surface area contributed by atoms with E-state index in [2.05, 4.69) is 15.6 Å². The molecule has 1 aliphatic rings. The van der Waals surface area contributed by atoms with Crippen LogP contribution in [0, 0.1) is 0 Å². The summed E-state index contributed by atoms with van der Waals surface area (Å²) in [5, 5.41) is 5.31. The number of aliphatic imine (C=N–C) groups is 1. The van der Waals surface area contributed by atoms with Crippen molar-refractivity contribution in [3.63, 3.8) is 0 Å². The number of hydrogen-bond acceptors (Lipinski definition) is 7. The minimum absolute atomic E-state index is 0.0779. The number of benzene rings is 2. The van der Waals surface area contributed by atoms with Crippen LogP contribution in [-0.4, -0.2) is 45.2 Å². The smallest absolute Gasteiger partial charge is 0.231 e. The van der Waals surface area contributed by atoms with Gasteiger partial charge in [-0.25, -0.2) is 4.99 Å². The van der Waals surface area contributed by atoms with Gasteiger partial charge in [-0.2, -0.15) is 0 Å². The highest BCUT2D eigenvalue weighted by Crippen LogP contribution is 2.34. The van der Waals surface area contributed by atoms with Crippen LogP contribution in [0.5, 0.6) is 23.0 Å². The molecule has 2 amide bonds. The van der Waals surface area contributed by atoms with E-state index in [1.807, 2.05) is 13.8 Å². The average Bonchev–Trinajstić information content (AvgIpc) is 2.80. The number of hydrogen-bond donors (Lipinski definition) is 2. The van der Waals surface area contributed by atoms with Gasteiger partial charge in [-0.3, -0.25) is 20.2 Å². The molecular formula is C24H29N3O6. The molecule has 9 nitrogen and oxygen atoms in total. The molecule has 176 valence electrons. The molecule has 33 heavy (non-hydrogen) atoms. The summed E-state index contributed by atoms with van der Waals surface area (Å²) in [7, 11) is 3.11. The lowest BCUT2D eigenvalue weighted by molar-refractivity contribution is -0.120. The van der Waals surface area contributed by atoms with Crippen LogP contribution < -0.4 is 29.6 Å². The summed E-state index contributed by atoms with van der Waals surface area (Å²) in [5.41, 5.74) is 1.44. The molecule has 0 unspecified atom stereocenters. The molecule has 0 aliphatic carbocycles. The van der Waals surface area contributed by atoms with Crippen molar-refractivity contribution in [2.75, 3.05) is 27.4 Å². The second-order valence-electron chi connectivity index (χ2n) is 7.23. The summed E-state index contributed by atoms with van der Waals surface area (Å²) in [4.78, 5) is 29.5. The van der Waals surface area contributed by atoms with Gasteiger partial charge >= 0.3 is 0 Å². The molecule has 1 aliphatic heterocycles. The van der Waals surface area contributed by atoms with Gasteiger partial charge in [0, 0.05) is 5.56 Å². The standard InChI is InChI=1S/C24H29N3O6/c1-5-32-20-9-7-15(11-21(20)33-6-2)12-22(28)26-24-25-18(14-23(29)27-24)17-13-16(30-3)8-10-19(17)31-4/h7-11,13,18H,5-6,12,14H2,1-4H3,(H2,25,26,27,28,29)/t18-/m1/s1. The Hall–Kier alpha value is -3.75. The molecule has 3 rings (SSSR count). The van der Waals surface area contributed by atoms with Crippen molar-refractivity contribution in [1.82, 2.24) is 10.6 Å². The molecule has 0 radical (unpaired) electrons. The summed E-state index contributed by atoms with van der Waals surface area (Å²) >= 11 is 0. The number of nitrogens with one attached hydrogen (secondary N) is 2. The Labute approximate surface area is 193 Å². The summed E-state index contributed by atoms with van der Waals surface area (Å²) in [6.45, 7) is 4.77. The first-order chi connectivity index (χ1) is 16.0. The van der Waals surface area contributed by atoms with Crippen LogP contribution in [-0.2, 0) is 16.0 Å². The van der Waals surface area contributed by atoms with Crippen molar-refractivity contribution >= 4 is 17.8 Å². The second kappa shape index (κ2) is 11.2. The van der Waals surface area contributed by atoms with Gasteiger partial charge in [0.15, 0.2) is 11.5 Å². The normalized spacial score (nSPS) is 15.2. The summed E-state index contributed by atoms with van der Waals surface area (Å²) < 4.78 is 21.9. The first-order valence-corrected chi connectivity index (χ1v) is 10.7. The molecule has 1 heterocycles. The maximum Gasteiger partial charge on any atom is 0.231 e. The van der Waals surface area contributed by atoms with Crippen LogP contribution in [0.3, 0.4) is 0 Å². The number of carbonyl (C=O) groups is 2. The van der Waals surface area contributed by atoms with E-state index in [9.17, 15) is 9.59 Å². The predicted octanol–water partition coefficient (Wildman–Crippen LogP) is 2.78. The van der Waals surface area contributed by atoms with Crippen molar-refractivity contribution < 1.29 is 28.5 Å². The van der Waals surface area contributed by atoms with Crippen LogP contribution >= 0.6 is 0 Å². The number of guanidine groups is 1. The highest BCUT2D eigenvalue weighted by atomic mass is 16.5.